The van der Waals surface area contributed by atoms with E-state index in [4.69, 9.17) is 10.3 Å². The van der Waals surface area contributed by atoms with Gasteiger partial charge in [-0.1, -0.05) is 35.5 Å². The molecular formula is C16H17N3OS. The number of hydrogen-bond donors (Lipinski definition) is 1. The highest BCUT2D eigenvalue weighted by Crippen LogP contribution is 2.37. The van der Waals surface area contributed by atoms with Gasteiger partial charge in [-0.3, -0.25) is 0 Å². The van der Waals surface area contributed by atoms with Crippen LogP contribution in [-0.4, -0.2) is 10.1 Å². The fourth-order valence-electron chi connectivity index (χ4n) is 2.28. The third kappa shape index (κ3) is 2.83. The number of hydrogen-bond acceptors (Lipinski definition) is 5. The van der Waals surface area contributed by atoms with Gasteiger partial charge in [0, 0.05) is 11.3 Å². The molecule has 0 atom stereocenters. The number of nitrogens with two attached hydrogens (primary N) is 1. The van der Waals surface area contributed by atoms with E-state index in [9.17, 15) is 0 Å². The van der Waals surface area contributed by atoms with Gasteiger partial charge in [-0.15, -0.1) is 11.3 Å². The molecule has 21 heavy (non-hydrogen) atoms. The Hall–Kier alpha value is -2.14. The van der Waals surface area contributed by atoms with Gasteiger partial charge in [0.25, 0.3) is 5.89 Å². The molecule has 3 aromatic rings. The molecule has 2 N–H and O–H groups in total. The Morgan fingerprint density at radius 2 is 1.90 bits per heavy atom. The summed E-state index contributed by atoms with van der Waals surface area (Å²) in [4.78, 5) is 5.67. The van der Waals surface area contributed by atoms with E-state index >= 15 is 0 Å². The van der Waals surface area contributed by atoms with Gasteiger partial charge in [-0.2, -0.15) is 4.98 Å². The summed E-state index contributed by atoms with van der Waals surface area (Å²) < 4.78 is 5.38. The molecule has 108 valence electrons. The number of anilines is 1. The lowest BCUT2D eigenvalue weighted by atomic mass is 10.1. The molecule has 0 aliphatic rings. The van der Waals surface area contributed by atoms with Crippen LogP contribution in [0.3, 0.4) is 0 Å². The van der Waals surface area contributed by atoms with E-state index in [0.29, 0.717) is 5.89 Å². The maximum absolute atomic E-state index is 6.04. The van der Waals surface area contributed by atoms with Gasteiger partial charge in [0.2, 0.25) is 0 Å². The van der Waals surface area contributed by atoms with Crippen molar-refractivity contribution in [1.82, 2.24) is 10.1 Å². The van der Waals surface area contributed by atoms with Gasteiger partial charge < -0.3 is 10.3 Å². The largest absolute Gasteiger partial charge is 0.390 e. The predicted octanol–water partition coefficient (Wildman–Crippen LogP) is 3.78. The monoisotopic (exact) mass is 299 g/mol. The van der Waals surface area contributed by atoms with Crippen molar-refractivity contribution < 1.29 is 4.52 Å². The Morgan fingerprint density at radius 3 is 2.57 bits per heavy atom. The summed E-state index contributed by atoms with van der Waals surface area (Å²) in [6, 6.07) is 10.3. The lowest BCUT2D eigenvalue weighted by Crippen LogP contribution is -1.93. The van der Waals surface area contributed by atoms with Crippen molar-refractivity contribution in [1.29, 1.82) is 0 Å². The van der Waals surface area contributed by atoms with Crippen LogP contribution in [0.25, 0.3) is 11.5 Å². The van der Waals surface area contributed by atoms with E-state index in [1.807, 2.05) is 32.0 Å². The van der Waals surface area contributed by atoms with E-state index < -0.39 is 0 Å². The molecule has 2 aromatic heterocycles. The molecule has 0 bridgehead atoms. The smallest absolute Gasteiger partial charge is 0.261 e. The van der Waals surface area contributed by atoms with Gasteiger partial charge in [0.05, 0.1) is 10.6 Å². The minimum atomic E-state index is 0.525. The number of nitrogen functional groups attached to an aromatic ring is 1. The lowest BCUT2D eigenvalue weighted by Gasteiger charge is -1.96. The van der Waals surface area contributed by atoms with E-state index in [2.05, 4.69) is 22.3 Å². The number of rotatable bonds is 4. The Bertz CT molecular complexity index is 746. The number of thiophene rings is 1. The van der Waals surface area contributed by atoms with Crippen LogP contribution in [0.15, 0.2) is 34.9 Å². The van der Waals surface area contributed by atoms with Crippen LogP contribution in [0.4, 0.5) is 5.00 Å². The Kier molecular flexibility index (Phi) is 3.75. The Labute approximate surface area is 127 Å². The van der Waals surface area contributed by atoms with Crippen LogP contribution in [0.5, 0.6) is 0 Å². The number of aryl methyl sites for hydroxylation is 3. The number of nitrogens with zero attached hydrogens (tertiary/aromatic N) is 2. The summed E-state index contributed by atoms with van der Waals surface area (Å²) in [5.74, 6) is 1.24. The van der Waals surface area contributed by atoms with Crippen LogP contribution in [0.2, 0.25) is 0 Å². The molecular weight excluding hydrogens is 282 g/mol. The average molecular weight is 299 g/mol. The summed E-state index contributed by atoms with van der Waals surface area (Å²) in [7, 11) is 0. The van der Waals surface area contributed by atoms with Crippen LogP contribution < -0.4 is 5.73 Å². The fraction of sp³-hybridized carbons (Fsp3) is 0.250. The summed E-state index contributed by atoms with van der Waals surface area (Å²) in [5.41, 5.74) is 9.31. The minimum absolute atomic E-state index is 0.525. The molecule has 0 saturated carbocycles. The van der Waals surface area contributed by atoms with Crippen LogP contribution in [0.1, 0.15) is 21.8 Å². The first-order chi connectivity index (χ1) is 10.1. The molecule has 0 aliphatic heterocycles. The SMILES string of the molecule is Cc1sc(N)c(-c2nc(CCc3ccccc3)no2)c1C. The second kappa shape index (κ2) is 5.69. The maximum atomic E-state index is 6.04. The van der Waals surface area contributed by atoms with E-state index in [-0.39, 0.29) is 0 Å². The van der Waals surface area contributed by atoms with Crippen molar-refractivity contribution >= 4 is 16.3 Å². The fourth-order valence-corrected chi connectivity index (χ4v) is 3.20. The Morgan fingerprint density at radius 1 is 1.14 bits per heavy atom. The first-order valence-corrected chi connectivity index (χ1v) is 7.69. The second-order valence-electron chi connectivity index (χ2n) is 5.02. The van der Waals surface area contributed by atoms with Crippen molar-refractivity contribution in [2.24, 2.45) is 0 Å². The zero-order valence-electron chi connectivity index (χ0n) is 12.1. The van der Waals surface area contributed by atoms with E-state index in [1.165, 1.54) is 10.4 Å². The highest BCUT2D eigenvalue weighted by Gasteiger charge is 2.18. The highest BCUT2D eigenvalue weighted by molar-refractivity contribution is 7.16. The average Bonchev–Trinajstić information content (AvgIpc) is 3.03. The van der Waals surface area contributed by atoms with Crippen molar-refractivity contribution in [3.8, 4) is 11.5 Å². The van der Waals surface area contributed by atoms with Gasteiger partial charge in [0.15, 0.2) is 5.82 Å². The van der Waals surface area contributed by atoms with Crippen LogP contribution >= 0.6 is 11.3 Å². The maximum Gasteiger partial charge on any atom is 0.261 e. The van der Waals surface area contributed by atoms with Crippen LogP contribution in [-0.2, 0) is 12.8 Å². The predicted molar refractivity (Wildman–Crippen MR) is 85.3 cm³/mol. The molecule has 3 rings (SSSR count). The molecule has 0 radical (unpaired) electrons. The standard InChI is InChI=1S/C16H17N3OS/c1-10-11(2)21-15(17)14(10)16-18-13(19-20-16)9-8-12-6-4-3-5-7-12/h3-7H,8-9,17H2,1-2H3. The summed E-state index contributed by atoms with van der Waals surface area (Å²) in [6.07, 6.45) is 1.66. The molecule has 0 amide bonds. The number of aromatic nitrogens is 2. The third-order valence-corrected chi connectivity index (χ3v) is 4.61. The van der Waals surface area contributed by atoms with Gasteiger partial charge in [0.1, 0.15) is 0 Å². The molecule has 4 nitrogen and oxygen atoms in total. The van der Waals surface area contributed by atoms with E-state index in [1.54, 1.807) is 11.3 Å². The van der Waals surface area contributed by atoms with Crippen molar-refractivity contribution in [3.05, 3.63) is 52.2 Å². The second-order valence-corrected chi connectivity index (χ2v) is 6.28. The molecule has 5 heteroatoms. The molecule has 0 saturated heterocycles. The Balaban J connectivity index is 1.77. The first kappa shape index (κ1) is 13.8. The normalized spacial score (nSPS) is 11.0. The van der Waals surface area contributed by atoms with Crippen molar-refractivity contribution in [2.45, 2.75) is 26.7 Å². The minimum Gasteiger partial charge on any atom is -0.390 e. The van der Waals surface area contributed by atoms with Crippen LogP contribution in [0, 0.1) is 13.8 Å². The van der Waals surface area contributed by atoms with Crippen molar-refractivity contribution in [3.63, 3.8) is 0 Å². The highest BCUT2D eigenvalue weighted by atomic mass is 32.1. The topological polar surface area (TPSA) is 64.9 Å². The first-order valence-electron chi connectivity index (χ1n) is 6.87. The van der Waals surface area contributed by atoms with Crippen molar-refractivity contribution in [2.75, 3.05) is 5.73 Å². The lowest BCUT2D eigenvalue weighted by molar-refractivity contribution is 0.422. The summed E-state index contributed by atoms with van der Waals surface area (Å²) >= 11 is 1.56. The zero-order valence-corrected chi connectivity index (χ0v) is 12.9. The molecule has 2 heterocycles. The third-order valence-electron chi connectivity index (χ3n) is 3.57. The van der Waals surface area contributed by atoms with E-state index in [0.717, 1.165) is 34.8 Å². The van der Waals surface area contributed by atoms with Gasteiger partial charge in [-0.25, -0.2) is 0 Å². The molecule has 0 aliphatic carbocycles. The zero-order chi connectivity index (χ0) is 14.8. The van der Waals surface area contributed by atoms with Gasteiger partial charge in [-0.05, 0) is 31.4 Å². The summed E-state index contributed by atoms with van der Waals surface area (Å²) in [5, 5.41) is 4.80. The molecule has 0 unspecified atom stereocenters. The quantitative estimate of drug-likeness (QED) is 0.796. The number of benzene rings is 1. The van der Waals surface area contributed by atoms with Gasteiger partial charge >= 0.3 is 0 Å². The molecule has 0 fully saturated rings. The molecule has 1 aromatic carbocycles. The summed E-state index contributed by atoms with van der Waals surface area (Å²) in [6.45, 7) is 4.08. The molecule has 0 spiro atoms.